The van der Waals surface area contributed by atoms with Gasteiger partial charge in [0.05, 0.1) is 17.4 Å². The zero-order chi connectivity index (χ0) is 22.7. The van der Waals surface area contributed by atoms with Gasteiger partial charge in [0.2, 0.25) is 0 Å². The molecule has 1 aliphatic heterocycles. The Morgan fingerprint density at radius 2 is 1.94 bits per heavy atom. The summed E-state index contributed by atoms with van der Waals surface area (Å²) in [5.41, 5.74) is 6.66. The number of nitrogens with one attached hydrogen (secondary N) is 1. The van der Waals surface area contributed by atoms with E-state index in [0.717, 1.165) is 58.7 Å². The van der Waals surface area contributed by atoms with Gasteiger partial charge in [-0.1, -0.05) is 13.8 Å². The number of H-pyrrole nitrogens is 1. The zero-order valence-corrected chi connectivity index (χ0v) is 19.6. The lowest BCUT2D eigenvalue weighted by molar-refractivity contribution is 0.273. The van der Waals surface area contributed by atoms with Crippen molar-refractivity contribution in [1.29, 1.82) is 0 Å². The van der Waals surface area contributed by atoms with Crippen LogP contribution in [0.4, 0.5) is 10.2 Å². The Hall–Kier alpha value is -3.00. The van der Waals surface area contributed by atoms with Gasteiger partial charge in [-0.3, -0.25) is 0 Å². The van der Waals surface area contributed by atoms with Crippen LogP contribution in [0.25, 0.3) is 27.8 Å². The smallest absolute Gasteiger partial charge is 0.175 e. The van der Waals surface area contributed by atoms with E-state index in [9.17, 15) is 0 Å². The summed E-state index contributed by atoms with van der Waals surface area (Å²) in [5, 5.41) is 4.98. The molecule has 1 saturated heterocycles. The molecule has 0 unspecified atom stereocenters. The van der Waals surface area contributed by atoms with Gasteiger partial charge < -0.3 is 14.8 Å². The number of aromatic amines is 1. The van der Waals surface area contributed by atoms with Crippen molar-refractivity contribution >= 4 is 22.4 Å². The van der Waals surface area contributed by atoms with Gasteiger partial charge in [0, 0.05) is 42.8 Å². The normalized spacial score (nSPS) is 17.9. The maximum atomic E-state index is 16.1. The largest absolute Gasteiger partial charge is 0.353 e. The van der Waals surface area contributed by atoms with Crippen LogP contribution in [0.3, 0.4) is 0 Å². The fraction of sp³-hybridized carbons (Fsp3) is 0.458. The lowest BCUT2D eigenvalue weighted by atomic mass is 9.94. The number of nitrogens with zero attached hydrogens (tertiary/aromatic N) is 6. The molecule has 4 aromatic rings. The SMILES string of the molecule is Cc1c(-c2[nH]c3cnc(N4CCN(C)C[C@H]4C)c(F)c3c2C(C)C)cn2ncnc2c1C. The summed E-state index contributed by atoms with van der Waals surface area (Å²) >= 11 is 0. The number of rotatable bonds is 3. The highest BCUT2D eigenvalue weighted by molar-refractivity contribution is 5.94. The van der Waals surface area contributed by atoms with Gasteiger partial charge in [-0.15, -0.1) is 0 Å². The molecule has 1 fully saturated rings. The van der Waals surface area contributed by atoms with Crippen molar-refractivity contribution < 1.29 is 4.39 Å². The van der Waals surface area contributed by atoms with Crippen LogP contribution < -0.4 is 4.90 Å². The van der Waals surface area contributed by atoms with Crippen LogP contribution in [-0.2, 0) is 0 Å². The van der Waals surface area contributed by atoms with Gasteiger partial charge in [-0.2, -0.15) is 5.10 Å². The van der Waals surface area contributed by atoms with Crippen LogP contribution in [-0.4, -0.2) is 62.2 Å². The van der Waals surface area contributed by atoms with Gasteiger partial charge in [-0.25, -0.2) is 18.9 Å². The maximum absolute atomic E-state index is 16.1. The molecule has 0 saturated carbocycles. The second-order valence-corrected chi connectivity index (χ2v) is 9.38. The third-order valence-corrected chi connectivity index (χ3v) is 6.88. The van der Waals surface area contributed by atoms with Crippen molar-refractivity contribution in [3.05, 3.63) is 41.2 Å². The number of aromatic nitrogens is 5. The number of hydrogen-bond donors (Lipinski definition) is 1. The molecule has 0 aliphatic carbocycles. The zero-order valence-electron chi connectivity index (χ0n) is 19.6. The van der Waals surface area contributed by atoms with Crippen LogP contribution in [0.5, 0.6) is 0 Å². The third kappa shape index (κ3) is 3.08. The molecule has 5 rings (SSSR count). The Morgan fingerprint density at radius 3 is 2.66 bits per heavy atom. The lowest BCUT2D eigenvalue weighted by Gasteiger charge is -2.39. The summed E-state index contributed by atoms with van der Waals surface area (Å²) in [6, 6.07) is 0.203. The number of likely N-dealkylation sites (N-methyl/N-ethyl adjacent to an activating group) is 1. The van der Waals surface area contributed by atoms with Crippen LogP contribution in [0.15, 0.2) is 18.7 Å². The summed E-state index contributed by atoms with van der Waals surface area (Å²) < 4.78 is 17.9. The molecule has 0 spiro atoms. The first-order valence-corrected chi connectivity index (χ1v) is 11.2. The standard InChI is InChI=1S/C24H30FN7/c1-13(2)19-20-18(9-26-24(21(20)25)31-8-7-30(6)10-14(31)3)29-22(19)17-11-32-23(27-12-28-32)16(5)15(17)4/h9,11-14,29H,7-8,10H2,1-6H3/t14-/m1/s1. The molecule has 0 amide bonds. The van der Waals surface area contributed by atoms with Crippen molar-refractivity contribution in [3.63, 3.8) is 0 Å². The first-order chi connectivity index (χ1) is 15.3. The van der Waals surface area contributed by atoms with Crippen molar-refractivity contribution in [2.75, 3.05) is 31.6 Å². The van der Waals surface area contributed by atoms with Crippen LogP contribution in [0.2, 0.25) is 0 Å². The molecule has 168 valence electrons. The van der Waals surface area contributed by atoms with Crippen molar-refractivity contribution in [3.8, 4) is 11.3 Å². The minimum absolute atomic E-state index is 0.125. The number of pyridine rings is 2. The fourth-order valence-electron chi connectivity index (χ4n) is 5.06. The molecule has 0 aromatic carbocycles. The highest BCUT2D eigenvalue weighted by Gasteiger charge is 2.29. The molecule has 4 aromatic heterocycles. The van der Waals surface area contributed by atoms with E-state index < -0.39 is 0 Å². The molecule has 7 nitrogen and oxygen atoms in total. The van der Waals surface area contributed by atoms with Crippen LogP contribution in [0, 0.1) is 19.7 Å². The summed E-state index contributed by atoms with van der Waals surface area (Å²) in [5.74, 6) is 0.339. The van der Waals surface area contributed by atoms with E-state index in [2.05, 4.69) is 71.5 Å². The Labute approximate surface area is 187 Å². The molecular weight excluding hydrogens is 405 g/mol. The summed E-state index contributed by atoms with van der Waals surface area (Å²) in [7, 11) is 2.10. The predicted molar refractivity (Wildman–Crippen MR) is 126 cm³/mol. The Morgan fingerprint density at radius 1 is 1.16 bits per heavy atom. The fourth-order valence-corrected chi connectivity index (χ4v) is 5.06. The molecule has 1 N–H and O–H groups in total. The second-order valence-electron chi connectivity index (χ2n) is 9.38. The van der Waals surface area contributed by atoms with E-state index in [0.29, 0.717) is 11.2 Å². The first kappa shape index (κ1) is 20.9. The average Bonchev–Trinajstić information content (AvgIpc) is 3.36. The topological polar surface area (TPSA) is 65.4 Å². The number of fused-ring (bicyclic) bond motifs is 2. The van der Waals surface area contributed by atoms with Gasteiger partial charge in [0.25, 0.3) is 0 Å². The third-order valence-electron chi connectivity index (χ3n) is 6.88. The molecule has 32 heavy (non-hydrogen) atoms. The number of aryl methyl sites for hydroxylation is 1. The quantitative estimate of drug-likeness (QED) is 0.520. The number of halogens is 1. The van der Waals surface area contributed by atoms with E-state index in [1.807, 2.05) is 6.20 Å². The van der Waals surface area contributed by atoms with Crippen molar-refractivity contribution in [2.45, 2.75) is 46.6 Å². The average molecular weight is 436 g/mol. The predicted octanol–water partition coefficient (Wildman–Crippen LogP) is 4.29. The minimum atomic E-state index is -0.235. The molecule has 8 heteroatoms. The highest BCUT2D eigenvalue weighted by atomic mass is 19.1. The second kappa shape index (κ2) is 7.55. The van der Waals surface area contributed by atoms with Gasteiger partial charge in [-0.05, 0) is 50.4 Å². The monoisotopic (exact) mass is 435 g/mol. The Bertz CT molecular complexity index is 1320. The van der Waals surface area contributed by atoms with Gasteiger partial charge >= 0.3 is 0 Å². The lowest BCUT2D eigenvalue weighted by Crippen LogP contribution is -2.51. The molecule has 0 radical (unpaired) electrons. The van der Waals surface area contributed by atoms with E-state index in [-0.39, 0.29) is 17.8 Å². The summed E-state index contributed by atoms with van der Waals surface area (Å²) in [6.45, 7) is 13.0. The number of anilines is 1. The van der Waals surface area contributed by atoms with Gasteiger partial charge in [0.1, 0.15) is 6.33 Å². The minimum Gasteiger partial charge on any atom is -0.353 e. The van der Waals surface area contributed by atoms with Crippen LogP contribution >= 0.6 is 0 Å². The summed E-state index contributed by atoms with van der Waals surface area (Å²) in [4.78, 5) is 16.8. The number of piperazine rings is 1. The maximum Gasteiger partial charge on any atom is 0.175 e. The summed E-state index contributed by atoms with van der Waals surface area (Å²) in [6.07, 6.45) is 5.33. The van der Waals surface area contributed by atoms with Gasteiger partial charge in [0.15, 0.2) is 17.3 Å². The van der Waals surface area contributed by atoms with E-state index in [1.165, 1.54) is 0 Å². The van der Waals surface area contributed by atoms with E-state index in [1.54, 1.807) is 17.0 Å². The van der Waals surface area contributed by atoms with E-state index >= 15 is 4.39 Å². The Balaban J connectivity index is 1.73. The Kier molecular flexibility index (Phi) is 4.93. The molecule has 1 aliphatic rings. The molecular formula is C24H30FN7. The van der Waals surface area contributed by atoms with Crippen molar-refractivity contribution in [2.24, 2.45) is 0 Å². The molecule has 5 heterocycles. The van der Waals surface area contributed by atoms with Crippen LogP contribution in [0.1, 0.15) is 43.4 Å². The first-order valence-electron chi connectivity index (χ1n) is 11.2. The highest BCUT2D eigenvalue weighted by Crippen LogP contribution is 2.40. The van der Waals surface area contributed by atoms with E-state index in [4.69, 9.17) is 0 Å². The number of hydrogen-bond acceptors (Lipinski definition) is 5. The molecule has 0 bridgehead atoms. The molecule has 1 atom stereocenters. The van der Waals surface area contributed by atoms with Crippen molar-refractivity contribution in [1.82, 2.24) is 29.5 Å².